The fourth-order valence-corrected chi connectivity index (χ4v) is 3.16. The molecule has 0 radical (unpaired) electrons. The molecule has 0 bridgehead atoms. The van der Waals surface area contributed by atoms with Gasteiger partial charge in [-0.3, -0.25) is 19.2 Å². The summed E-state index contributed by atoms with van der Waals surface area (Å²) in [4.78, 5) is 57.8. The Morgan fingerprint density at radius 2 is 1.00 bits per heavy atom. The van der Waals surface area contributed by atoms with Crippen LogP contribution in [0.4, 0.5) is 0 Å². The first-order valence-electron chi connectivity index (χ1n) is 12.3. The van der Waals surface area contributed by atoms with Crippen LogP contribution < -0.4 is 21.3 Å². The molecule has 190 valence electrons. The number of rotatable bonds is 22. The number of carbonyl (C=O) groups is 5. The lowest BCUT2D eigenvalue weighted by molar-refractivity contribution is -0.138. The van der Waals surface area contributed by atoms with Crippen molar-refractivity contribution in [1.29, 1.82) is 0 Å². The van der Waals surface area contributed by atoms with Crippen molar-refractivity contribution in [3.05, 3.63) is 0 Å². The van der Waals surface area contributed by atoms with Gasteiger partial charge in [0.15, 0.2) is 0 Å². The van der Waals surface area contributed by atoms with Crippen molar-refractivity contribution in [2.24, 2.45) is 0 Å². The fourth-order valence-electron chi connectivity index (χ4n) is 3.16. The van der Waals surface area contributed by atoms with E-state index in [0.717, 1.165) is 57.9 Å². The van der Waals surface area contributed by atoms with Crippen molar-refractivity contribution in [2.75, 3.05) is 33.2 Å². The summed E-state index contributed by atoms with van der Waals surface area (Å²) in [6.45, 7) is 4.14. The second kappa shape index (κ2) is 21.6. The molecule has 0 aromatic heterocycles. The largest absolute Gasteiger partial charge is 0.356 e. The van der Waals surface area contributed by atoms with Gasteiger partial charge in [-0.1, -0.05) is 25.7 Å². The maximum atomic E-state index is 11.8. The lowest BCUT2D eigenvalue weighted by atomic mass is 10.1. The van der Waals surface area contributed by atoms with E-state index in [0.29, 0.717) is 38.9 Å². The SMILES string of the molecule is CNCCCCCCNC(=O)C(=O)CCC(=O)NCCCCCCNC(=O)CCCC(C)=O. The molecule has 0 saturated heterocycles. The minimum absolute atomic E-state index is 0.0198. The molecule has 0 fully saturated rings. The van der Waals surface area contributed by atoms with Gasteiger partial charge in [-0.2, -0.15) is 0 Å². The molecule has 3 amide bonds. The van der Waals surface area contributed by atoms with Crippen LogP contribution in [0, 0.1) is 0 Å². The molecule has 9 nitrogen and oxygen atoms in total. The van der Waals surface area contributed by atoms with Crippen LogP contribution in [-0.4, -0.2) is 62.5 Å². The highest BCUT2D eigenvalue weighted by molar-refractivity contribution is 6.36. The Hall–Kier alpha value is -2.29. The maximum Gasteiger partial charge on any atom is 0.287 e. The lowest BCUT2D eigenvalue weighted by Crippen LogP contribution is -2.33. The van der Waals surface area contributed by atoms with Crippen molar-refractivity contribution in [1.82, 2.24) is 21.3 Å². The Morgan fingerprint density at radius 1 is 0.515 bits per heavy atom. The van der Waals surface area contributed by atoms with Crippen LogP contribution in [0.2, 0.25) is 0 Å². The van der Waals surface area contributed by atoms with E-state index < -0.39 is 11.7 Å². The molecule has 0 aliphatic carbocycles. The molecule has 9 heteroatoms. The molecule has 0 rings (SSSR count). The summed E-state index contributed by atoms with van der Waals surface area (Å²) in [5, 5.41) is 11.3. The molecule has 0 saturated carbocycles. The van der Waals surface area contributed by atoms with Gasteiger partial charge in [-0.15, -0.1) is 0 Å². The minimum Gasteiger partial charge on any atom is -0.356 e. The topological polar surface area (TPSA) is 133 Å². The number of nitrogens with one attached hydrogen (secondary N) is 4. The number of amides is 3. The molecule has 0 atom stereocenters. The molecule has 0 spiro atoms. The minimum atomic E-state index is -0.607. The number of carbonyl (C=O) groups excluding carboxylic acids is 5. The third-order valence-electron chi connectivity index (χ3n) is 5.15. The average molecular weight is 469 g/mol. The smallest absolute Gasteiger partial charge is 0.287 e. The third-order valence-corrected chi connectivity index (χ3v) is 5.15. The summed E-state index contributed by atoms with van der Waals surface area (Å²) < 4.78 is 0. The first kappa shape index (κ1) is 30.7. The zero-order valence-corrected chi connectivity index (χ0v) is 20.6. The van der Waals surface area contributed by atoms with Crippen LogP contribution >= 0.6 is 0 Å². The summed E-state index contributed by atoms with van der Waals surface area (Å²) in [6.07, 6.45) is 8.95. The van der Waals surface area contributed by atoms with E-state index in [9.17, 15) is 24.0 Å². The second-order valence-electron chi connectivity index (χ2n) is 8.37. The summed E-state index contributed by atoms with van der Waals surface area (Å²) >= 11 is 0. The zero-order chi connectivity index (χ0) is 24.7. The number of hydrogen-bond acceptors (Lipinski definition) is 6. The number of ketones is 2. The Bertz CT molecular complexity index is 595. The van der Waals surface area contributed by atoms with Gasteiger partial charge in [-0.05, 0) is 52.6 Å². The predicted octanol–water partition coefficient (Wildman–Crippen LogP) is 1.78. The molecule has 0 aliphatic rings. The summed E-state index contributed by atoms with van der Waals surface area (Å²) in [7, 11) is 1.92. The van der Waals surface area contributed by atoms with Crippen LogP contribution in [0.5, 0.6) is 0 Å². The summed E-state index contributed by atoms with van der Waals surface area (Å²) in [6, 6.07) is 0. The highest BCUT2D eigenvalue weighted by atomic mass is 16.2. The quantitative estimate of drug-likeness (QED) is 0.141. The van der Waals surface area contributed by atoms with E-state index in [1.54, 1.807) is 0 Å². The molecular formula is C24H44N4O5. The van der Waals surface area contributed by atoms with Gasteiger partial charge >= 0.3 is 0 Å². The third kappa shape index (κ3) is 21.3. The van der Waals surface area contributed by atoms with E-state index in [1.165, 1.54) is 6.92 Å². The van der Waals surface area contributed by atoms with Crippen LogP contribution in [0.3, 0.4) is 0 Å². The monoisotopic (exact) mass is 468 g/mol. The molecule has 0 aromatic carbocycles. The van der Waals surface area contributed by atoms with Crippen molar-refractivity contribution in [3.63, 3.8) is 0 Å². The Morgan fingerprint density at radius 3 is 1.52 bits per heavy atom. The molecule has 0 heterocycles. The van der Waals surface area contributed by atoms with Crippen molar-refractivity contribution in [2.45, 2.75) is 90.4 Å². The molecule has 0 aromatic rings. The van der Waals surface area contributed by atoms with Crippen molar-refractivity contribution < 1.29 is 24.0 Å². The van der Waals surface area contributed by atoms with Gasteiger partial charge in [0.1, 0.15) is 5.78 Å². The van der Waals surface area contributed by atoms with E-state index in [1.807, 2.05) is 7.05 Å². The number of Topliss-reactive ketones (excluding diaryl/α,β-unsaturated/α-hetero) is 2. The molecule has 4 N–H and O–H groups in total. The first-order valence-corrected chi connectivity index (χ1v) is 12.3. The van der Waals surface area contributed by atoms with E-state index in [4.69, 9.17) is 0 Å². The first-order chi connectivity index (χ1) is 15.9. The molecule has 33 heavy (non-hydrogen) atoms. The van der Waals surface area contributed by atoms with Crippen LogP contribution in [0.25, 0.3) is 0 Å². The maximum absolute atomic E-state index is 11.8. The van der Waals surface area contributed by atoms with E-state index in [2.05, 4.69) is 21.3 Å². The van der Waals surface area contributed by atoms with Gasteiger partial charge in [-0.25, -0.2) is 0 Å². The van der Waals surface area contributed by atoms with Crippen LogP contribution in [-0.2, 0) is 24.0 Å². The number of hydrogen-bond donors (Lipinski definition) is 4. The number of unbranched alkanes of at least 4 members (excludes halogenated alkanes) is 6. The Balaban J connectivity index is 3.55. The Kier molecular flexibility index (Phi) is 20.1. The van der Waals surface area contributed by atoms with Gasteiger partial charge < -0.3 is 26.1 Å². The Labute approximate surface area is 198 Å². The summed E-state index contributed by atoms with van der Waals surface area (Å²) in [5.74, 6) is -1.30. The van der Waals surface area contributed by atoms with Gasteiger partial charge in [0.25, 0.3) is 5.91 Å². The summed E-state index contributed by atoms with van der Waals surface area (Å²) in [5.41, 5.74) is 0. The highest BCUT2D eigenvalue weighted by Crippen LogP contribution is 2.01. The highest BCUT2D eigenvalue weighted by Gasteiger charge is 2.14. The van der Waals surface area contributed by atoms with Crippen molar-refractivity contribution >= 4 is 29.3 Å². The normalized spacial score (nSPS) is 10.5. The van der Waals surface area contributed by atoms with Crippen LogP contribution in [0.15, 0.2) is 0 Å². The fraction of sp³-hybridized carbons (Fsp3) is 0.792. The molecule has 0 aliphatic heterocycles. The predicted molar refractivity (Wildman–Crippen MR) is 129 cm³/mol. The zero-order valence-electron chi connectivity index (χ0n) is 20.6. The van der Waals surface area contributed by atoms with E-state index in [-0.39, 0.29) is 30.4 Å². The van der Waals surface area contributed by atoms with Gasteiger partial charge in [0.2, 0.25) is 17.6 Å². The molecular weight excluding hydrogens is 424 g/mol. The van der Waals surface area contributed by atoms with Crippen LogP contribution in [0.1, 0.15) is 90.4 Å². The van der Waals surface area contributed by atoms with Gasteiger partial charge in [0, 0.05) is 45.3 Å². The molecule has 0 unspecified atom stereocenters. The standard InChI is InChI=1S/C24H44N4O5/c1-20(29)12-11-13-22(31)26-17-8-5-6-9-18-27-23(32)15-14-21(30)24(33)28-19-10-4-3-7-16-25-2/h25H,3-19H2,1-2H3,(H,26,31)(H,27,32)(H,28,33). The second-order valence-corrected chi connectivity index (χ2v) is 8.37. The van der Waals surface area contributed by atoms with E-state index >= 15 is 0 Å². The van der Waals surface area contributed by atoms with Gasteiger partial charge in [0.05, 0.1) is 0 Å². The van der Waals surface area contributed by atoms with Crippen molar-refractivity contribution in [3.8, 4) is 0 Å². The average Bonchev–Trinajstić information content (AvgIpc) is 2.78. The lowest BCUT2D eigenvalue weighted by Gasteiger charge is -2.07.